The smallest absolute Gasteiger partial charge is 0.308 e. The average Bonchev–Trinajstić information content (AvgIpc) is 3.43. The van der Waals surface area contributed by atoms with Gasteiger partial charge in [-0.1, -0.05) is 52.9 Å². The molecule has 0 aliphatic carbocycles. The maximum absolute atomic E-state index is 13.1. The Balaban J connectivity index is 1.22. The number of para-hydroxylation sites is 1. The van der Waals surface area contributed by atoms with Crippen LogP contribution >= 0.6 is 46.9 Å². The van der Waals surface area contributed by atoms with Crippen LogP contribution < -0.4 is 25.1 Å². The van der Waals surface area contributed by atoms with Crippen molar-refractivity contribution in [1.29, 1.82) is 0 Å². The second-order valence-electron chi connectivity index (χ2n) is 8.73. The molecule has 214 valence electrons. The third kappa shape index (κ3) is 6.65. The van der Waals surface area contributed by atoms with Crippen molar-refractivity contribution in [2.45, 2.75) is 6.54 Å². The van der Waals surface area contributed by atoms with Crippen molar-refractivity contribution in [3.63, 3.8) is 0 Å². The summed E-state index contributed by atoms with van der Waals surface area (Å²) in [5.41, 5.74) is 4.32. The molecule has 1 aliphatic heterocycles. The highest BCUT2D eigenvalue weighted by Gasteiger charge is 2.33. The molecule has 3 amide bonds. The van der Waals surface area contributed by atoms with Crippen molar-refractivity contribution in [1.82, 2.24) is 15.0 Å². The van der Waals surface area contributed by atoms with Crippen LogP contribution in [0.15, 0.2) is 76.4 Å². The second kappa shape index (κ2) is 12.8. The monoisotopic (exact) mass is 640 g/mol. The topological polar surface area (TPSA) is 119 Å². The third-order valence-corrected chi connectivity index (χ3v) is 8.39. The minimum absolute atomic E-state index is 0.140. The van der Waals surface area contributed by atoms with Crippen molar-refractivity contribution in [2.24, 2.45) is 0 Å². The van der Waals surface area contributed by atoms with E-state index in [4.69, 9.17) is 33.3 Å². The first kappa shape index (κ1) is 29.3. The molecule has 0 spiro atoms. The Morgan fingerprint density at radius 1 is 1.02 bits per heavy atom. The Kier molecular flexibility index (Phi) is 8.92. The molecule has 42 heavy (non-hydrogen) atoms. The van der Waals surface area contributed by atoms with Crippen LogP contribution in [0, 0.1) is 0 Å². The number of rotatable bonds is 9. The first-order valence-corrected chi connectivity index (χ1v) is 14.7. The van der Waals surface area contributed by atoms with Gasteiger partial charge in [0.05, 0.1) is 22.2 Å². The molecule has 1 fully saturated rings. The van der Waals surface area contributed by atoms with E-state index in [0.717, 1.165) is 32.8 Å². The van der Waals surface area contributed by atoms with E-state index in [1.54, 1.807) is 66.7 Å². The summed E-state index contributed by atoms with van der Waals surface area (Å²) in [6, 6.07) is 18.8. The summed E-state index contributed by atoms with van der Waals surface area (Å²) in [5.74, 6) is -0.774. The minimum atomic E-state index is -0.568. The highest BCUT2D eigenvalue weighted by molar-refractivity contribution is 8.26. The van der Waals surface area contributed by atoms with Crippen molar-refractivity contribution >= 4 is 90.9 Å². The SMILES string of the molecule is COc1cc(/C=C2\SC(=S)N(NC(=O)Cn3c(=O)sc4ccccc43)C2=O)ccc1OCC(=O)Nc1ccc(Cl)cc1. The first-order valence-electron chi connectivity index (χ1n) is 12.2. The van der Waals surface area contributed by atoms with Gasteiger partial charge in [0.1, 0.15) is 6.54 Å². The fraction of sp³-hybridized carbons (Fsp3) is 0.107. The molecule has 0 atom stereocenters. The Morgan fingerprint density at radius 3 is 2.55 bits per heavy atom. The number of benzene rings is 3. The number of nitrogens with zero attached hydrogens (tertiary/aromatic N) is 2. The van der Waals surface area contributed by atoms with Crippen molar-refractivity contribution in [3.05, 3.63) is 91.9 Å². The quantitative estimate of drug-likeness (QED) is 0.200. The lowest BCUT2D eigenvalue weighted by Crippen LogP contribution is -2.46. The molecule has 4 aromatic rings. The molecule has 1 aromatic heterocycles. The third-order valence-electron chi connectivity index (χ3n) is 5.88. The van der Waals surface area contributed by atoms with Crippen LogP contribution in [0.25, 0.3) is 16.3 Å². The number of hydrogen-bond donors (Lipinski definition) is 2. The Bertz CT molecular complexity index is 1800. The molecule has 2 heterocycles. The summed E-state index contributed by atoms with van der Waals surface area (Å²) in [6.45, 7) is -0.528. The number of hydrogen-bond acceptors (Lipinski definition) is 9. The van der Waals surface area contributed by atoms with Gasteiger partial charge in [0.15, 0.2) is 22.4 Å². The number of thiocarbonyl (C=S) groups is 1. The lowest BCUT2D eigenvalue weighted by molar-refractivity contribution is -0.133. The van der Waals surface area contributed by atoms with Gasteiger partial charge in [0, 0.05) is 10.7 Å². The molecule has 10 nitrogen and oxygen atoms in total. The van der Waals surface area contributed by atoms with Crippen LogP contribution in [-0.4, -0.2) is 45.3 Å². The molecule has 2 N–H and O–H groups in total. The van der Waals surface area contributed by atoms with Crippen LogP contribution in [0.4, 0.5) is 5.69 Å². The van der Waals surface area contributed by atoms with Crippen LogP contribution in [-0.2, 0) is 20.9 Å². The van der Waals surface area contributed by atoms with E-state index in [9.17, 15) is 19.2 Å². The van der Waals surface area contributed by atoms with Gasteiger partial charge in [-0.2, -0.15) is 5.01 Å². The number of methoxy groups -OCH3 is 1. The van der Waals surface area contributed by atoms with Crippen molar-refractivity contribution in [2.75, 3.05) is 19.0 Å². The largest absolute Gasteiger partial charge is 0.493 e. The maximum atomic E-state index is 13.1. The number of halogens is 1. The predicted molar refractivity (Wildman–Crippen MR) is 168 cm³/mol. The van der Waals surface area contributed by atoms with Crippen molar-refractivity contribution in [3.8, 4) is 11.5 Å². The van der Waals surface area contributed by atoms with Gasteiger partial charge in [0.25, 0.3) is 17.7 Å². The maximum Gasteiger partial charge on any atom is 0.308 e. The number of ether oxygens (including phenoxy) is 2. The second-order valence-corrected chi connectivity index (χ2v) is 11.8. The van der Waals surface area contributed by atoms with Gasteiger partial charge < -0.3 is 14.8 Å². The predicted octanol–water partition coefficient (Wildman–Crippen LogP) is 4.68. The molecule has 1 aliphatic rings. The fourth-order valence-corrected chi connectivity index (χ4v) is 6.15. The van der Waals surface area contributed by atoms with Crippen LogP contribution in [0.2, 0.25) is 5.02 Å². The van der Waals surface area contributed by atoms with Gasteiger partial charge in [-0.25, -0.2) is 0 Å². The first-order chi connectivity index (χ1) is 20.2. The van der Waals surface area contributed by atoms with E-state index in [1.165, 1.54) is 11.7 Å². The number of anilines is 1. The summed E-state index contributed by atoms with van der Waals surface area (Å²) in [7, 11) is 1.46. The summed E-state index contributed by atoms with van der Waals surface area (Å²) in [5, 5.41) is 4.25. The molecule has 0 saturated carbocycles. The van der Waals surface area contributed by atoms with Crippen LogP contribution in [0.5, 0.6) is 11.5 Å². The zero-order valence-electron chi connectivity index (χ0n) is 21.8. The Labute approximate surface area is 257 Å². The molecule has 0 bridgehead atoms. The molecule has 5 rings (SSSR count). The minimum Gasteiger partial charge on any atom is -0.493 e. The van der Waals surface area contributed by atoms with Gasteiger partial charge in [-0.15, -0.1) is 0 Å². The summed E-state index contributed by atoms with van der Waals surface area (Å²) in [6.07, 6.45) is 1.60. The lowest BCUT2D eigenvalue weighted by Gasteiger charge is -2.15. The molecule has 0 radical (unpaired) electrons. The fourth-order valence-electron chi connectivity index (χ4n) is 3.95. The van der Waals surface area contributed by atoms with Crippen molar-refractivity contribution < 1.29 is 23.9 Å². The molecular formula is C28H21ClN4O6S3. The number of nitrogens with one attached hydrogen (secondary N) is 2. The number of carbonyl (C=O) groups is 3. The molecule has 0 unspecified atom stereocenters. The zero-order valence-corrected chi connectivity index (χ0v) is 25.0. The molecular weight excluding hydrogens is 620 g/mol. The number of thioether (sulfide) groups is 1. The van der Waals surface area contributed by atoms with Gasteiger partial charge in [-0.3, -0.25) is 29.2 Å². The standard InChI is InChI=1S/C28H21ClN4O6S3/c1-38-21-12-16(6-11-20(21)39-15-25(35)30-18-9-7-17(29)8-10-18)13-23-26(36)33(28(40)42-23)31-24(34)14-32-19-4-2-3-5-22(19)41-27(32)37/h2-13H,14-15H2,1H3,(H,30,35)(H,31,34)/b23-13-. The lowest BCUT2D eigenvalue weighted by atomic mass is 10.2. The number of fused-ring (bicyclic) bond motifs is 1. The van der Waals surface area contributed by atoms with E-state index >= 15 is 0 Å². The highest BCUT2D eigenvalue weighted by atomic mass is 35.5. The van der Waals surface area contributed by atoms with E-state index in [-0.39, 0.29) is 33.2 Å². The van der Waals surface area contributed by atoms with E-state index in [2.05, 4.69) is 10.7 Å². The highest BCUT2D eigenvalue weighted by Crippen LogP contribution is 2.34. The van der Waals surface area contributed by atoms with Gasteiger partial charge >= 0.3 is 4.87 Å². The molecule has 14 heteroatoms. The molecule has 3 aromatic carbocycles. The Hall–Kier alpha value is -4.17. The van der Waals surface area contributed by atoms with E-state index in [0.29, 0.717) is 33.3 Å². The summed E-state index contributed by atoms with van der Waals surface area (Å²) in [4.78, 5) is 50.5. The number of carbonyl (C=O) groups excluding carboxylic acids is 3. The van der Waals surface area contributed by atoms with E-state index in [1.807, 2.05) is 6.07 Å². The number of thiazole rings is 1. The summed E-state index contributed by atoms with van der Waals surface area (Å²) >= 11 is 13.2. The van der Waals surface area contributed by atoms with Gasteiger partial charge in [0.2, 0.25) is 0 Å². The number of amides is 3. The normalized spacial score (nSPS) is 14.0. The van der Waals surface area contributed by atoms with Gasteiger partial charge in [-0.05, 0) is 72.4 Å². The summed E-state index contributed by atoms with van der Waals surface area (Å²) < 4.78 is 13.3. The van der Waals surface area contributed by atoms with Crippen LogP contribution in [0.3, 0.4) is 0 Å². The molecule has 1 saturated heterocycles. The van der Waals surface area contributed by atoms with E-state index < -0.39 is 11.8 Å². The average molecular weight is 641 g/mol. The zero-order chi connectivity index (χ0) is 29.8. The van der Waals surface area contributed by atoms with Crippen LogP contribution in [0.1, 0.15) is 5.56 Å². The Morgan fingerprint density at radius 2 is 1.79 bits per heavy atom. The number of hydrazine groups is 1. The number of aromatic nitrogens is 1.